The van der Waals surface area contributed by atoms with Crippen LogP contribution in [0, 0.1) is 5.92 Å². The first-order valence-electron chi connectivity index (χ1n) is 3.39. The number of halogens is 1. The van der Waals surface area contributed by atoms with Crippen LogP contribution in [0.4, 0.5) is 4.39 Å². The fourth-order valence-corrected chi connectivity index (χ4v) is 1.20. The monoisotopic (exact) mass is 130 g/mol. The lowest BCUT2D eigenvalue weighted by molar-refractivity contribution is -0.129. The summed E-state index contributed by atoms with van der Waals surface area (Å²) in [5, 5.41) is 0. The number of ketones is 1. The summed E-state index contributed by atoms with van der Waals surface area (Å²) < 4.78 is 12.5. The molecule has 0 N–H and O–H groups in total. The molecule has 2 heteroatoms. The summed E-state index contributed by atoms with van der Waals surface area (Å²) >= 11 is 0. The topological polar surface area (TPSA) is 17.1 Å². The third kappa shape index (κ3) is 1.29. The third-order valence-electron chi connectivity index (χ3n) is 1.89. The van der Waals surface area contributed by atoms with Crippen molar-refractivity contribution in [3.63, 3.8) is 0 Å². The van der Waals surface area contributed by atoms with Gasteiger partial charge in [0.1, 0.15) is 0 Å². The predicted molar refractivity (Wildman–Crippen MR) is 32.9 cm³/mol. The van der Waals surface area contributed by atoms with Gasteiger partial charge in [-0.05, 0) is 19.3 Å². The van der Waals surface area contributed by atoms with Crippen molar-refractivity contribution in [1.29, 1.82) is 0 Å². The smallest absolute Gasteiger partial charge is 0.169 e. The molecule has 2 atom stereocenters. The summed E-state index contributed by atoms with van der Waals surface area (Å²) in [5.41, 5.74) is 0. The molecule has 1 fully saturated rings. The molecule has 0 spiro atoms. The highest BCUT2D eigenvalue weighted by molar-refractivity contribution is 5.85. The molecule has 52 valence electrons. The maximum atomic E-state index is 12.5. The van der Waals surface area contributed by atoms with E-state index in [1.54, 1.807) is 6.92 Å². The minimum atomic E-state index is -1.16. The molecule has 1 rings (SSSR count). The number of hydrogen-bond donors (Lipinski definition) is 0. The van der Waals surface area contributed by atoms with E-state index in [-0.39, 0.29) is 11.7 Å². The van der Waals surface area contributed by atoms with Crippen LogP contribution >= 0.6 is 0 Å². The molecule has 0 amide bonds. The van der Waals surface area contributed by atoms with Crippen LogP contribution in [-0.2, 0) is 4.79 Å². The molecule has 1 nitrogen and oxygen atoms in total. The van der Waals surface area contributed by atoms with Gasteiger partial charge in [-0.2, -0.15) is 0 Å². The number of Topliss-reactive ketones (excluding diaryl/α,β-unsaturated/α-hetero) is 1. The Morgan fingerprint density at radius 2 is 2.22 bits per heavy atom. The Labute approximate surface area is 54.3 Å². The highest BCUT2D eigenvalue weighted by Crippen LogP contribution is 2.22. The SMILES string of the molecule is C[C@H]1CCC[C@H](F)C1=O. The Hall–Kier alpha value is -0.400. The van der Waals surface area contributed by atoms with Gasteiger partial charge in [0, 0.05) is 5.92 Å². The molecule has 0 aromatic heterocycles. The van der Waals surface area contributed by atoms with Crippen molar-refractivity contribution in [3.8, 4) is 0 Å². The number of rotatable bonds is 0. The zero-order chi connectivity index (χ0) is 6.85. The van der Waals surface area contributed by atoms with E-state index in [9.17, 15) is 9.18 Å². The van der Waals surface area contributed by atoms with Crippen molar-refractivity contribution in [2.75, 3.05) is 0 Å². The van der Waals surface area contributed by atoms with Crippen LogP contribution in [-0.4, -0.2) is 12.0 Å². The predicted octanol–water partition coefficient (Wildman–Crippen LogP) is 1.71. The molecule has 0 aromatic rings. The fraction of sp³-hybridized carbons (Fsp3) is 0.857. The highest BCUT2D eigenvalue weighted by Gasteiger charge is 2.27. The van der Waals surface area contributed by atoms with Crippen LogP contribution < -0.4 is 0 Å². The van der Waals surface area contributed by atoms with Crippen LogP contribution in [0.5, 0.6) is 0 Å². The number of carbonyl (C=O) groups is 1. The second-order valence-corrected chi connectivity index (χ2v) is 2.70. The quantitative estimate of drug-likeness (QED) is 0.488. The molecule has 0 heterocycles. The Morgan fingerprint density at radius 1 is 1.56 bits per heavy atom. The Morgan fingerprint density at radius 3 is 2.67 bits per heavy atom. The number of carbonyl (C=O) groups excluding carboxylic acids is 1. The van der Waals surface area contributed by atoms with Crippen molar-refractivity contribution in [2.45, 2.75) is 32.4 Å². The summed E-state index contributed by atoms with van der Waals surface area (Å²) in [6, 6.07) is 0. The summed E-state index contributed by atoms with van der Waals surface area (Å²) in [5.74, 6) is -0.227. The maximum Gasteiger partial charge on any atom is 0.169 e. The second-order valence-electron chi connectivity index (χ2n) is 2.70. The van der Waals surface area contributed by atoms with Gasteiger partial charge in [0.15, 0.2) is 12.0 Å². The van der Waals surface area contributed by atoms with E-state index in [1.165, 1.54) is 0 Å². The van der Waals surface area contributed by atoms with Crippen molar-refractivity contribution in [1.82, 2.24) is 0 Å². The average Bonchev–Trinajstić information content (AvgIpc) is 1.83. The van der Waals surface area contributed by atoms with Gasteiger partial charge in [-0.3, -0.25) is 4.79 Å². The van der Waals surface area contributed by atoms with Crippen LogP contribution in [0.1, 0.15) is 26.2 Å². The molecular formula is C7H11FO. The molecule has 0 aromatic carbocycles. The van der Waals surface area contributed by atoms with Gasteiger partial charge >= 0.3 is 0 Å². The molecule has 0 radical (unpaired) electrons. The average molecular weight is 130 g/mol. The zero-order valence-electron chi connectivity index (χ0n) is 5.56. The van der Waals surface area contributed by atoms with Gasteiger partial charge < -0.3 is 0 Å². The van der Waals surface area contributed by atoms with Crippen molar-refractivity contribution < 1.29 is 9.18 Å². The zero-order valence-corrected chi connectivity index (χ0v) is 5.56. The minimum absolute atomic E-state index is 0.0336. The molecule has 0 bridgehead atoms. The second kappa shape index (κ2) is 2.46. The van der Waals surface area contributed by atoms with Gasteiger partial charge in [-0.25, -0.2) is 4.39 Å². The molecule has 1 aliphatic carbocycles. The van der Waals surface area contributed by atoms with E-state index in [0.29, 0.717) is 6.42 Å². The molecular weight excluding hydrogens is 119 g/mol. The van der Waals surface area contributed by atoms with Crippen LogP contribution in [0.25, 0.3) is 0 Å². The summed E-state index contributed by atoms with van der Waals surface area (Å²) in [6.07, 6.45) is 1.03. The maximum absolute atomic E-state index is 12.5. The van der Waals surface area contributed by atoms with Gasteiger partial charge in [0.25, 0.3) is 0 Å². The van der Waals surface area contributed by atoms with Gasteiger partial charge in [-0.1, -0.05) is 6.92 Å². The summed E-state index contributed by atoms with van der Waals surface area (Å²) in [7, 11) is 0. The molecule has 1 saturated carbocycles. The first-order valence-corrected chi connectivity index (χ1v) is 3.39. The highest BCUT2D eigenvalue weighted by atomic mass is 19.1. The van der Waals surface area contributed by atoms with Gasteiger partial charge in [0.2, 0.25) is 0 Å². The lowest BCUT2D eigenvalue weighted by Gasteiger charge is -2.18. The Balaban J connectivity index is 2.52. The number of alkyl halides is 1. The summed E-state index contributed by atoms with van der Waals surface area (Å²) in [4.78, 5) is 10.8. The lowest BCUT2D eigenvalue weighted by atomic mass is 9.88. The Bertz CT molecular complexity index is 110. The third-order valence-corrected chi connectivity index (χ3v) is 1.89. The summed E-state index contributed by atoms with van der Waals surface area (Å²) in [6.45, 7) is 1.80. The van der Waals surface area contributed by atoms with Gasteiger partial charge in [-0.15, -0.1) is 0 Å². The van der Waals surface area contributed by atoms with Crippen LogP contribution in [0.3, 0.4) is 0 Å². The van der Waals surface area contributed by atoms with Crippen molar-refractivity contribution in [3.05, 3.63) is 0 Å². The van der Waals surface area contributed by atoms with E-state index in [4.69, 9.17) is 0 Å². The first kappa shape index (κ1) is 6.72. The van der Waals surface area contributed by atoms with Crippen LogP contribution in [0.2, 0.25) is 0 Å². The van der Waals surface area contributed by atoms with E-state index >= 15 is 0 Å². The standard InChI is InChI=1S/C7H11FO/c1-5-3-2-4-6(8)7(5)9/h5-6H,2-4H2,1H3/t5-,6-/m0/s1. The van der Waals surface area contributed by atoms with Gasteiger partial charge in [0.05, 0.1) is 0 Å². The molecule has 0 saturated heterocycles. The first-order chi connectivity index (χ1) is 4.22. The molecule has 9 heavy (non-hydrogen) atoms. The fourth-order valence-electron chi connectivity index (χ4n) is 1.20. The van der Waals surface area contributed by atoms with E-state index < -0.39 is 6.17 Å². The number of hydrogen-bond acceptors (Lipinski definition) is 1. The van der Waals surface area contributed by atoms with E-state index in [2.05, 4.69) is 0 Å². The molecule has 1 aliphatic rings. The Kier molecular flexibility index (Phi) is 1.84. The van der Waals surface area contributed by atoms with E-state index in [1.807, 2.05) is 0 Å². The van der Waals surface area contributed by atoms with E-state index in [0.717, 1.165) is 12.8 Å². The largest absolute Gasteiger partial charge is 0.296 e. The molecule has 0 aliphatic heterocycles. The normalized spacial score (nSPS) is 36.9. The minimum Gasteiger partial charge on any atom is -0.296 e. The van der Waals surface area contributed by atoms with Crippen molar-refractivity contribution >= 4 is 5.78 Å². The molecule has 0 unspecified atom stereocenters. The van der Waals surface area contributed by atoms with Crippen LogP contribution in [0.15, 0.2) is 0 Å². The lowest BCUT2D eigenvalue weighted by Crippen LogP contribution is -2.27. The van der Waals surface area contributed by atoms with Crippen molar-refractivity contribution in [2.24, 2.45) is 5.92 Å².